The molecule has 0 heterocycles. The molecule has 0 saturated heterocycles. The van der Waals surface area contributed by atoms with Crippen LogP contribution in [-0.4, -0.2) is 19.1 Å². The number of rotatable bonds is 6. The molecule has 3 aromatic rings. The lowest BCUT2D eigenvalue weighted by atomic mass is 10.0. The Balaban J connectivity index is 1.60. The average molecular weight is 317 g/mol. The highest BCUT2D eigenvalue weighted by molar-refractivity contribution is 5.63. The van der Waals surface area contributed by atoms with Gasteiger partial charge in [-0.1, -0.05) is 66.7 Å². The van der Waals surface area contributed by atoms with Crippen LogP contribution in [0.2, 0.25) is 0 Å². The molecule has 0 aliphatic heterocycles. The Morgan fingerprint density at radius 3 is 1.71 bits per heavy atom. The number of hydrogen-bond acceptors (Lipinski definition) is 2. The van der Waals surface area contributed by atoms with E-state index in [1.54, 1.807) is 7.11 Å². The van der Waals surface area contributed by atoms with Crippen molar-refractivity contribution in [2.24, 2.45) is 0 Å². The number of hydrogen-bond donors (Lipinski definition) is 0. The fourth-order valence-electron chi connectivity index (χ4n) is 2.84. The van der Waals surface area contributed by atoms with E-state index in [-0.39, 0.29) is 0 Å². The van der Waals surface area contributed by atoms with E-state index in [4.69, 9.17) is 4.74 Å². The van der Waals surface area contributed by atoms with Crippen LogP contribution in [0.4, 0.5) is 0 Å². The standard InChI is InChI=1S/C22H23NO/c1-23(17-19-10-14-22(24-2)15-11-19)16-18-8-12-21(13-9-18)20-6-4-3-5-7-20/h3-15H,16-17H2,1-2H3. The molecule has 0 unspecified atom stereocenters. The predicted molar refractivity (Wildman–Crippen MR) is 100 cm³/mol. The molecule has 122 valence electrons. The van der Waals surface area contributed by atoms with Crippen molar-refractivity contribution in [3.05, 3.63) is 90.0 Å². The van der Waals surface area contributed by atoms with Gasteiger partial charge in [0.25, 0.3) is 0 Å². The first-order chi connectivity index (χ1) is 11.7. The molecule has 0 spiro atoms. The molecule has 24 heavy (non-hydrogen) atoms. The Morgan fingerprint density at radius 2 is 1.17 bits per heavy atom. The summed E-state index contributed by atoms with van der Waals surface area (Å²) in [6.45, 7) is 1.85. The Bertz CT molecular complexity index is 748. The van der Waals surface area contributed by atoms with Crippen LogP contribution >= 0.6 is 0 Å². The van der Waals surface area contributed by atoms with E-state index in [9.17, 15) is 0 Å². The molecule has 0 radical (unpaired) electrons. The molecule has 2 heteroatoms. The summed E-state index contributed by atoms with van der Waals surface area (Å²) < 4.78 is 5.20. The smallest absolute Gasteiger partial charge is 0.118 e. The van der Waals surface area contributed by atoms with Crippen LogP contribution in [0.5, 0.6) is 5.75 Å². The summed E-state index contributed by atoms with van der Waals surface area (Å²) in [5.74, 6) is 0.901. The first-order valence-electron chi connectivity index (χ1n) is 8.20. The molecule has 3 rings (SSSR count). The van der Waals surface area contributed by atoms with Crippen LogP contribution < -0.4 is 4.74 Å². The first-order valence-corrected chi connectivity index (χ1v) is 8.20. The third-order valence-electron chi connectivity index (χ3n) is 4.13. The molecule has 0 bridgehead atoms. The molecule has 0 aliphatic rings. The summed E-state index contributed by atoms with van der Waals surface area (Å²) >= 11 is 0. The van der Waals surface area contributed by atoms with Crippen LogP contribution in [-0.2, 0) is 13.1 Å². The molecular weight excluding hydrogens is 294 g/mol. The van der Waals surface area contributed by atoms with E-state index < -0.39 is 0 Å². The van der Waals surface area contributed by atoms with Gasteiger partial charge in [-0.15, -0.1) is 0 Å². The van der Waals surface area contributed by atoms with Crippen LogP contribution in [0.25, 0.3) is 11.1 Å². The van der Waals surface area contributed by atoms with Gasteiger partial charge in [0.05, 0.1) is 7.11 Å². The summed E-state index contributed by atoms with van der Waals surface area (Å²) in [5.41, 5.74) is 5.14. The van der Waals surface area contributed by atoms with Crippen LogP contribution in [0.3, 0.4) is 0 Å². The Kier molecular flexibility index (Phi) is 5.29. The van der Waals surface area contributed by atoms with Crippen molar-refractivity contribution in [3.8, 4) is 16.9 Å². The predicted octanol–water partition coefficient (Wildman–Crippen LogP) is 4.99. The minimum atomic E-state index is 0.901. The second kappa shape index (κ2) is 7.80. The van der Waals surface area contributed by atoms with E-state index in [0.29, 0.717) is 0 Å². The van der Waals surface area contributed by atoms with Crippen molar-refractivity contribution >= 4 is 0 Å². The highest BCUT2D eigenvalue weighted by Crippen LogP contribution is 2.20. The van der Waals surface area contributed by atoms with Crippen LogP contribution in [0.15, 0.2) is 78.9 Å². The second-order valence-electron chi connectivity index (χ2n) is 6.08. The zero-order valence-corrected chi connectivity index (χ0v) is 14.3. The normalized spacial score (nSPS) is 10.8. The van der Waals surface area contributed by atoms with E-state index in [0.717, 1.165) is 18.8 Å². The first kappa shape index (κ1) is 16.3. The molecule has 0 amide bonds. The van der Waals surface area contributed by atoms with Crippen molar-refractivity contribution in [3.63, 3.8) is 0 Å². The van der Waals surface area contributed by atoms with Gasteiger partial charge >= 0.3 is 0 Å². The molecule has 0 N–H and O–H groups in total. The molecule has 0 saturated carbocycles. The van der Waals surface area contributed by atoms with Gasteiger partial charge in [-0.05, 0) is 41.4 Å². The zero-order valence-electron chi connectivity index (χ0n) is 14.3. The lowest BCUT2D eigenvalue weighted by Gasteiger charge is -2.17. The minimum Gasteiger partial charge on any atom is -0.497 e. The van der Waals surface area contributed by atoms with Gasteiger partial charge in [0, 0.05) is 13.1 Å². The highest BCUT2D eigenvalue weighted by atomic mass is 16.5. The third-order valence-corrected chi connectivity index (χ3v) is 4.13. The average Bonchev–Trinajstić information content (AvgIpc) is 2.64. The van der Waals surface area contributed by atoms with Gasteiger partial charge in [-0.25, -0.2) is 0 Å². The molecule has 0 aromatic heterocycles. The monoisotopic (exact) mass is 317 g/mol. The van der Waals surface area contributed by atoms with Gasteiger partial charge in [-0.2, -0.15) is 0 Å². The maximum atomic E-state index is 5.20. The van der Waals surface area contributed by atoms with E-state index in [1.807, 2.05) is 18.2 Å². The molecule has 3 aromatic carbocycles. The van der Waals surface area contributed by atoms with E-state index in [1.165, 1.54) is 22.3 Å². The molecular formula is C22H23NO. The minimum absolute atomic E-state index is 0.901. The summed E-state index contributed by atoms with van der Waals surface area (Å²) in [6.07, 6.45) is 0. The SMILES string of the molecule is COc1ccc(CN(C)Cc2ccc(-c3ccccc3)cc2)cc1. The molecule has 0 atom stereocenters. The van der Waals surface area contributed by atoms with E-state index in [2.05, 4.69) is 72.6 Å². The van der Waals surface area contributed by atoms with Crippen molar-refractivity contribution in [2.45, 2.75) is 13.1 Å². The van der Waals surface area contributed by atoms with E-state index >= 15 is 0 Å². The van der Waals surface area contributed by atoms with Crippen molar-refractivity contribution in [1.29, 1.82) is 0 Å². The fraction of sp³-hybridized carbons (Fsp3) is 0.182. The fourth-order valence-corrected chi connectivity index (χ4v) is 2.84. The second-order valence-corrected chi connectivity index (χ2v) is 6.08. The topological polar surface area (TPSA) is 12.5 Å². The lowest BCUT2D eigenvalue weighted by molar-refractivity contribution is 0.319. The zero-order chi connectivity index (χ0) is 16.8. The maximum Gasteiger partial charge on any atom is 0.118 e. The number of nitrogens with zero attached hydrogens (tertiary/aromatic N) is 1. The molecule has 0 fully saturated rings. The summed E-state index contributed by atoms with van der Waals surface area (Å²) in [6, 6.07) is 27.6. The van der Waals surface area contributed by atoms with Gasteiger partial charge < -0.3 is 4.74 Å². The summed E-state index contributed by atoms with van der Waals surface area (Å²) in [5, 5.41) is 0. The van der Waals surface area contributed by atoms with Crippen molar-refractivity contribution in [2.75, 3.05) is 14.2 Å². The van der Waals surface area contributed by atoms with Crippen LogP contribution in [0, 0.1) is 0 Å². The van der Waals surface area contributed by atoms with Gasteiger partial charge in [0.15, 0.2) is 0 Å². The molecule has 0 aliphatic carbocycles. The van der Waals surface area contributed by atoms with Crippen molar-refractivity contribution in [1.82, 2.24) is 4.90 Å². The quantitative estimate of drug-likeness (QED) is 0.635. The summed E-state index contributed by atoms with van der Waals surface area (Å²) in [4.78, 5) is 2.32. The molecule has 2 nitrogen and oxygen atoms in total. The van der Waals surface area contributed by atoms with Crippen molar-refractivity contribution < 1.29 is 4.74 Å². The Labute approximate surface area is 144 Å². The maximum absolute atomic E-state index is 5.20. The third kappa shape index (κ3) is 4.24. The largest absolute Gasteiger partial charge is 0.497 e. The van der Waals surface area contributed by atoms with Gasteiger partial charge in [0.1, 0.15) is 5.75 Å². The van der Waals surface area contributed by atoms with Crippen LogP contribution in [0.1, 0.15) is 11.1 Å². The Hall–Kier alpha value is -2.58. The van der Waals surface area contributed by atoms with Gasteiger partial charge in [0.2, 0.25) is 0 Å². The lowest BCUT2D eigenvalue weighted by Crippen LogP contribution is -2.17. The Morgan fingerprint density at radius 1 is 0.667 bits per heavy atom. The number of benzene rings is 3. The van der Waals surface area contributed by atoms with Gasteiger partial charge in [-0.3, -0.25) is 4.90 Å². The summed E-state index contributed by atoms with van der Waals surface area (Å²) in [7, 11) is 3.84. The number of ether oxygens (including phenoxy) is 1. The highest BCUT2D eigenvalue weighted by Gasteiger charge is 2.03. The number of methoxy groups -OCH3 is 1.